The zero-order chi connectivity index (χ0) is 14.1. The fourth-order valence-electron chi connectivity index (χ4n) is 2.71. The first kappa shape index (κ1) is 14.6. The zero-order valence-electron chi connectivity index (χ0n) is 12.1. The molecule has 1 aliphatic rings. The van der Waals surface area contributed by atoms with Crippen molar-refractivity contribution < 1.29 is 8.42 Å². The van der Waals surface area contributed by atoms with Crippen LogP contribution in [0.25, 0.3) is 0 Å². The van der Waals surface area contributed by atoms with E-state index in [1.54, 1.807) is 12.1 Å². The van der Waals surface area contributed by atoms with Gasteiger partial charge in [-0.05, 0) is 36.0 Å². The van der Waals surface area contributed by atoms with Crippen LogP contribution in [0.4, 0.5) is 0 Å². The minimum atomic E-state index is -3.12. The van der Waals surface area contributed by atoms with Gasteiger partial charge in [-0.25, -0.2) is 8.42 Å². The molecule has 1 aromatic rings. The Bertz CT molecular complexity index is 515. The molecule has 1 saturated carbocycles. The molecule has 0 spiro atoms. The Hall–Kier alpha value is -0.830. The molecular formula is C16H24O2S. The normalized spacial score (nSPS) is 18.5. The van der Waals surface area contributed by atoms with Crippen molar-refractivity contribution in [3.63, 3.8) is 0 Å². The predicted molar refractivity (Wildman–Crippen MR) is 79.2 cm³/mol. The molecule has 0 unspecified atom stereocenters. The summed E-state index contributed by atoms with van der Waals surface area (Å²) in [5.41, 5.74) is 1.24. The van der Waals surface area contributed by atoms with Crippen LogP contribution in [0.3, 0.4) is 0 Å². The van der Waals surface area contributed by atoms with Crippen LogP contribution in [0.15, 0.2) is 29.2 Å². The lowest BCUT2D eigenvalue weighted by Crippen LogP contribution is -2.24. The minimum Gasteiger partial charge on any atom is -0.223 e. The molecule has 0 amide bonds. The van der Waals surface area contributed by atoms with Crippen LogP contribution in [0.5, 0.6) is 0 Å². The van der Waals surface area contributed by atoms with Gasteiger partial charge in [-0.3, -0.25) is 0 Å². The Morgan fingerprint density at radius 3 is 1.95 bits per heavy atom. The lowest BCUT2D eigenvalue weighted by atomic mass is 9.87. The third-order valence-electron chi connectivity index (χ3n) is 4.04. The average Bonchev–Trinajstić information content (AvgIpc) is 2.39. The zero-order valence-corrected chi connectivity index (χ0v) is 13.0. The summed E-state index contributed by atoms with van der Waals surface area (Å²) in [7, 11) is -3.12. The SMILES string of the molecule is CC(C)(C)c1ccc(S(=O)(=O)C2CCCCC2)cc1. The van der Waals surface area contributed by atoms with Crippen molar-refractivity contribution in [3.8, 4) is 0 Å². The summed E-state index contributed by atoms with van der Waals surface area (Å²) in [6, 6.07) is 7.47. The second-order valence-electron chi connectivity index (χ2n) is 6.58. The molecule has 0 N–H and O–H groups in total. The fourth-order valence-corrected chi connectivity index (χ4v) is 4.57. The molecule has 1 aromatic carbocycles. The largest absolute Gasteiger partial charge is 0.223 e. The van der Waals surface area contributed by atoms with Crippen LogP contribution >= 0.6 is 0 Å². The lowest BCUT2D eigenvalue weighted by Gasteiger charge is -2.23. The Kier molecular flexibility index (Phi) is 4.05. The summed E-state index contributed by atoms with van der Waals surface area (Å²) in [6.45, 7) is 6.41. The van der Waals surface area contributed by atoms with Gasteiger partial charge in [0.2, 0.25) is 0 Å². The standard InChI is InChI=1S/C16H24O2S/c1-16(2,3)13-9-11-15(12-10-13)19(17,18)14-7-5-4-6-8-14/h9-12,14H,4-8H2,1-3H3. The van der Waals surface area contributed by atoms with Crippen molar-refractivity contribution in [2.75, 3.05) is 0 Å². The molecule has 0 radical (unpaired) electrons. The molecular weight excluding hydrogens is 256 g/mol. The monoisotopic (exact) mass is 280 g/mol. The highest BCUT2D eigenvalue weighted by Gasteiger charge is 2.29. The molecule has 0 bridgehead atoms. The molecule has 0 aromatic heterocycles. The van der Waals surface area contributed by atoms with Crippen LogP contribution in [0, 0.1) is 0 Å². The number of benzene rings is 1. The van der Waals surface area contributed by atoms with Crippen molar-refractivity contribution in [3.05, 3.63) is 29.8 Å². The summed E-state index contributed by atoms with van der Waals surface area (Å²) in [6.07, 6.45) is 4.91. The molecule has 0 atom stereocenters. The fraction of sp³-hybridized carbons (Fsp3) is 0.625. The maximum absolute atomic E-state index is 12.5. The van der Waals surface area contributed by atoms with E-state index in [2.05, 4.69) is 20.8 Å². The molecule has 19 heavy (non-hydrogen) atoms. The highest BCUT2D eigenvalue weighted by molar-refractivity contribution is 7.92. The van der Waals surface area contributed by atoms with E-state index in [0.29, 0.717) is 4.90 Å². The second kappa shape index (κ2) is 5.28. The van der Waals surface area contributed by atoms with E-state index in [9.17, 15) is 8.42 Å². The molecule has 1 fully saturated rings. The third-order valence-corrected chi connectivity index (χ3v) is 6.32. The average molecular weight is 280 g/mol. The highest BCUT2D eigenvalue weighted by Crippen LogP contribution is 2.30. The molecule has 0 heterocycles. The Morgan fingerprint density at radius 1 is 0.947 bits per heavy atom. The third kappa shape index (κ3) is 3.19. The first-order valence-corrected chi connectivity index (χ1v) is 8.71. The van der Waals surface area contributed by atoms with Gasteiger partial charge in [0.05, 0.1) is 10.1 Å². The van der Waals surface area contributed by atoms with Crippen LogP contribution in [0.1, 0.15) is 58.4 Å². The predicted octanol–water partition coefficient (Wildman–Crippen LogP) is 4.09. The van der Waals surface area contributed by atoms with Gasteiger partial charge in [0.1, 0.15) is 0 Å². The number of hydrogen-bond acceptors (Lipinski definition) is 2. The van der Waals surface area contributed by atoms with E-state index in [-0.39, 0.29) is 10.7 Å². The maximum Gasteiger partial charge on any atom is 0.181 e. The van der Waals surface area contributed by atoms with Crippen LogP contribution in [-0.4, -0.2) is 13.7 Å². The van der Waals surface area contributed by atoms with E-state index in [4.69, 9.17) is 0 Å². The van der Waals surface area contributed by atoms with Crippen molar-refractivity contribution in [1.29, 1.82) is 0 Å². The number of sulfone groups is 1. The van der Waals surface area contributed by atoms with E-state index < -0.39 is 9.84 Å². The van der Waals surface area contributed by atoms with Gasteiger partial charge in [-0.2, -0.15) is 0 Å². The van der Waals surface area contributed by atoms with Crippen molar-refractivity contribution in [1.82, 2.24) is 0 Å². The van der Waals surface area contributed by atoms with Crippen LogP contribution < -0.4 is 0 Å². The molecule has 0 saturated heterocycles. The summed E-state index contributed by atoms with van der Waals surface area (Å²) in [4.78, 5) is 0.493. The first-order chi connectivity index (χ1) is 8.82. The van der Waals surface area contributed by atoms with Gasteiger partial charge < -0.3 is 0 Å². The topological polar surface area (TPSA) is 34.1 Å². The first-order valence-electron chi connectivity index (χ1n) is 7.16. The van der Waals surface area contributed by atoms with Gasteiger partial charge >= 0.3 is 0 Å². The van der Waals surface area contributed by atoms with Gasteiger partial charge in [-0.1, -0.05) is 52.2 Å². The van der Waals surface area contributed by atoms with Crippen molar-refractivity contribution in [2.24, 2.45) is 0 Å². The van der Waals surface area contributed by atoms with Gasteiger partial charge in [0.15, 0.2) is 9.84 Å². The van der Waals surface area contributed by atoms with E-state index in [0.717, 1.165) is 25.7 Å². The molecule has 2 rings (SSSR count). The summed E-state index contributed by atoms with van der Waals surface area (Å²) in [5.74, 6) is 0. The Balaban J connectivity index is 2.26. The molecule has 106 valence electrons. The molecule has 0 aliphatic heterocycles. The Labute approximate surface area is 117 Å². The van der Waals surface area contributed by atoms with Gasteiger partial charge in [0, 0.05) is 0 Å². The summed E-state index contributed by atoms with van der Waals surface area (Å²) in [5, 5.41) is -0.165. The van der Waals surface area contributed by atoms with Gasteiger partial charge in [0.25, 0.3) is 0 Å². The molecule has 3 heteroatoms. The van der Waals surface area contributed by atoms with E-state index >= 15 is 0 Å². The van der Waals surface area contributed by atoms with Crippen molar-refractivity contribution in [2.45, 2.75) is 68.4 Å². The second-order valence-corrected chi connectivity index (χ2v) is 8.81. The van der Waals surface area contributed by atoms with Crippen LogP contribution in [-0.2, 0) is 15.3 Å². The van der Waals surface area contributed by atoms with E-state index in [1.807, 2.05) is 12.1 Å². The minimum absolute atomic E-state index is 0.0626. The van der Waals surface area contributed by atoms with Crippen LogP contribution in [0.2, 0.25) is 0 Å². The quantitative estimate of drug-likeness (QED) is 0.817. The molecule has 1 aliphatic carbocycles. The summed E-state index contributed by atoms with van der Waals surface area (Å²) < 4.78 is 25.1. The van der Waals surface area contributed by atoms with Gasteiger partial charge in [-0.15, -0.1) is 0 Å². The van der Waals surface area contributed by atoms with Crippen molar-refractivity contribution >= 4 is 9.84 Å². The number of hydrogen-bond donors (Lipinski definition) is 0. The lowest BCUT2D eigenvalue weighted by molar-refractivity contribution is 0.483. The summed E-state index contributed by atoms with van der Waals surface area (Å²) >= 11 is 0. The highest BCUT2D eigenvalue weighted by atomic mass is 32.2. The smallest absolute Gasteiger partial charge is 0.181 e. The maximum atomic E-state index is 12.5. The number of rotatable bonds is 2. The molecule has 2 nitrogen and oxygen atoms in total. The Morgan fingerprint density at radius 2 is 1.47 bits per heavy atom. The van der Waals surface area contributed by atoms with E-state index in [1.165, 1.54) is 12.0 Å².